The second kappa shape index (κ2) is 10.8. The molecular formula is C21H24FN3O4. The first-order valence-corrected chi connectivity index (χ1v) is 9.27. The molecule has 0 radical (unpaired) electrons. The second-order valence-electron chi connectivity index (χ2n) is 6.19. The lowest BCUT2D eigenvalue weighted by Gasteiger charge is -2.21. The molecule has 0 spiro atoms. The number of esters is 1. The van der Waals surface area contributed by atoms with E-state index in [-0.39, 0.29) is 6.42 Å². The van der Waals surface area contributed by atoms with Crippen molar-refractivity contribution in [3.8, 4) is 0 Å². The van der Waals surface area contributed by atoms with Crippen LogP contribution in [0.4, 0.5) is 10.1 Å². The minimum atomic E-state index is -0.675. The third kappa shape index (κ3) is 6.91. The van der Waals surface area contributed by atoms with Gasteiger partial charge in [0.05, 0.1) is 6.42 Å². The largest absolute Gasteiger partial charge is 0.455 e. The number of carbonyl (C=O) groups is 3. The molecular weight excluding hydrogens is 377 g/mol. The van der Waals surface area contributed by atoms with Crippen molar-refractivity contribution in [3.63, 3.8) is 0 Å². The molecule has 0 fully saturated rings. The Morgan fingerprint density at radius 2 is 1.55 bits per heavy atom. The van der Waals surface area contributed by atoms with Crippen LogP contribution in [-0.2, 0) is 20.7 Å². The number of amides is 2. The van der Waals surface area contributed by atoms with E-state index in [1.807, 2.05) is 26.0 Å². The Labute approximate surface area is 168 Å². The van der Waals surface area contributed by atoms with Crippen LogP contribution >= 0.6 is 0 Å². The SMILES string of the molecule is CCN(CC)c1ccc(C(=O)NNC(=O)COC(=O)Cc2ccc(F)cc2)cc1. The summed E-state index contributed by atoms with van der Waals surface area (Å²) >= 11 is 0. The van der Waals surface area contributed by atoms with Gasteiger partial charge in [-0.3, -0.25) is 25.2 Å². The number of rotatable bonds is 8. The molecule has 2 aromatic carbocycles. The van der Waals surface area contributed by atoms with Crippen LogP contribution in [0.3, 0.4) is 0 Å². The lowest BCUT2D eigenvalue weighted by molar-refractivity contribution is -0.148. The molecule has 0 heterocycles. The van der Waals surface area contributed by atoms with E-state index < -0.39 is 30.2 Å². The molecule has 7 nitrogen and oxygen atoms in total. The van der Waals surface area contributed by atoms with E-state index in [1.165, 1.54) is 24.3 Å². The molecule has 0 aliphatic rings. The van der Waals surface area contributed by atoms with Crippen molar-refractivity contribution in [2.45, 2.75) is 20.3 Å². The number of nitrogens with one attached hydrogen (secondary N) is 2. The minimum absolute atomic E-state index is 0.0845. The van der Waals surface area contributed by atoms with E-state index in [1.54, 1.807) is 12.1 Å². The molecule has 0 aliphatic heterocycles. The van der Waals surface area contributed by atoms with Gasteiger partial charge in [-0.05, 0) is 55.8 Å². The topological polar surface area (TPSA) is 87.7 Å². The van der Waals surface area contributed by atoms with Gasteiger partial charge in [-0.1, -0.05) is 12.1 Å². The van der Waals surface area contributed by atoms with Gasteiger partial charge in [0.2, 0.25) is 0 Å². The smallest absolute Gasteiger partial charge is 0.310 e. The van der Waals surface area contributed by atoms with Crippen molar-refractivity contribution in [1.29, 1.82) is 0 Å². The molecule has 2 rings (SSSR count). The summed E-state index contributed by atoms with van der Waals surface area (Å²) in [5.74, 6) is -2.20. The first kappa shape index (κ1) is 21.9. The molecule has 8 heteroatoms. The molecule has 0 bridgehead atoms. The van der Waals surface area contributed by atoms with E-state index in [4.69, 9.17) is 4.74 Å². The van der Waals surface area contributed by atoms with Crippen LogP contribution in [0.25, 0.3) is 0 Å². The van der Waals surface area contributed by atoms with Crippen LogP contribution in [0.5, 0.6) is 0 Å². The number of carbonyl (C=O) groups excluding carboxylic acids is 3. The molecule has 29 heavy (non-hydrogen) atoms. The zero-order chi connectivity index (χ0) is 21.2. The molecule has 154 valence electrons. The van der Waals surface area contributed by atoms with Gasteiger partial charge in [0.25, 0.3) is 11.8 Å². The highest BCUT2D eigenvalue weighted by Gasteiger charge is 2.11. The van der Waals surface area contributed by atoms with Gasteiger partial charge in [-0.2, -0.15) is 0 Å². The minimum Gasteiger partial charge on any atom is -0.455 e. The number of halogens is 1. The highest BCUT2D eigenvalue weighted by molar-refractivity contribution is 5.95. The second-order valence-corrected chi connectivity index (χ2v) is 6.19. The van der Waals surface area contributed by atoms with Crippen LogP contribution in [0.1, 0.15) is 29.8 Å². The highest BCUT2D eigenvalue weighted by Crippen LogP contribution is 2.14. The van der Waals surface area contributed by atoms with Crippen LogP contribution in [0.15, 0.2) is 48.5 Å². The lowest BCUT2D eigenvalue weighted by Crippen LogP contribution is -2.43. The summed E-state index contributed by atoms with van der Waals surface area (Å²) in [6.45, 7) is 5.27. The van der Waals surface area contributed by atoms with Crippen LogP contribution in [-0.4, -0.2) is 37.5 Å². The average molecular weight is 401 g/mol. The maximum Gasteiger partial charge on any atom is 0.310 e. The van der Waals surface area contributed by atoms with Crippen LogP contribution < -0.4 is 15.8 Å². The quantitative estimate of drug-likeness (QED) is 0.523. The molecule has 0 unspecified atom stereocenters. The summed E-state index contributed by atoms with van der Waals surface area (Å²) in [5.41, 5.74) is 6.42. The van der Waals surface area contributed by atoms with Crippen molar-refractivity contribution in [2.24, 2.45) is 0 Å². The standard InChI is InChI=1S/C21H24FN3O4/c1-3-25(4-2)18-11-7-16(8-12-18)21(28)24-23-19(26)14-29-20(27)13-15-5-9-17(22)10-6-15/h5-12H,3-4,13-14H2,1-2H3,(H,23,26)(H,24,28). The normalized spacial score (nSPS) is 10.2. The summed E-state index contributed by atoms with van der Waals surface area (Å²) in [6.07, 6.45) is -0.0845. The first-order valence-electron chi connectivity index (χ1n) is 9.27. The monoisotopic (exact) mass is 401 g/mol. The molecule has 0 saturated heterocycles. The number of hydrogen-bond donors (Lipinski definition) is 2. The van der Waals surface area contributed by atoms with Gasteiger partial charge >= 0.3 is 5.97 Å². The highest BCUT2D eigenvalue weighted by atomic mass is 19.1. The zero-order valence-corrected chi connectivity index (χ0v) is 16.4. The molecule has 2 amide bonds. The number of benzene rings is 2. The van der Waals surface area contributed by atoms with Crippen molar-refractivity contribution >= 4 is 23.5 Å². The Kier molecular flexibility index (Phi) is 8.14. The summed E-state index contributed by atoms with van der Waals surface area (Å²) in [5, 5.41) is 0. The Balaban J connectivity index is 1.74. The van der Waals surface area contributed by atoms with Gasteiger partial charge in [-0.15, -0.1) is 0 Å². The predicted octanol–water partition coefficient (Wildman–Crippen LogP) is 2.22. The maximum atomic E-state index is 12.8. The zero-order valence-electron chi connectivity index (χ0n) is 16.4. The van der Waals surface area contributed by atoms with E-state index in [9.17, 15) is 18.8 Å². The van der Waals surface area contributed by atoms with Crippen molar-refractivity contribution in [2.75, 3.05) is 24.6 Å². The van der Waals surface area contributed by atoms with Crippen molar-refractivity contribution < 1.29 is 23.5 Å². The Hall–Kier alpha value is -3.42. The van der Waals surface area contributed by atoms with Crippen molar-refractivity contribution in [1.82, 2.24) is 10.9 Å². The van der Waals surface area contributed by atoms with Crippen LogP contribution in [0, 0.1) is 5.82 Å². The first-order chi connectivity index (χ1) is 13.9. The van der Waals surface area contributed by atoms with Gasteiger partial charge in [0, 0.05) is 24.3 Å². The number of hydrazine groups is 1. The fraction of sp³-hybridized carbons (Fsp3) is 0.286. The Bertz CT molecular complexity index is 834. The summed E-state index contributed by atoms with van der Waals surface area (Å²) in [6, 6.07) is 12.4. The fourth-order valence-corrected chi connectivity index (χ4v) is 2.61. The molecule has 0 aliphatic carbocycles. The summed E-state index contributed by atoms with van der Waals surface area (Å²) in [7, 11) is 0. The Morgan fingerprint density at radius 3 is 2.14 bits per heavy atom. The summed E-state index contributed by atoms with van der Waals surface area (Å²) in [4.78, 5) is 37.7. The van der Waals surface area contributed by atoms with Crippen LogP contribution in [0.2, 0.25) is 0 Å². The van der Waals surface area contributed by atoms with Gasteiger partial charge in [0.15, 0.2) is 6.61 Å². The maximum absolute atomic E-state index is 12.8. The van der Waals surface area contributed by atoms with E-state index in [0.717, 1.165) is 18.8 Å². The molecule has 2 N–H and O–H groups in total. The molecule has 2 aromatic rings. The van der Waals surface area contributed by atoms with Gasteiger partial charge < -0.3 is 9.64 Å². The average Bonchev–Trinajstić information content (AvgIpc) is 2.73. The fourth-order valence-electron chi connectivity index (χ4n) is 2.61. The Morgan fingerprint density at radius 1 is 0.931 bits per heavy atom. The predicted molar refractivity (Wildman–Crippen MR) is 107 cm³/mol. The molecule has 0 saturated carbocycles. The van der Waals surface area contributed by atoms with Gasteiger partial charge in [-0.25, -0.2) is 4.39 Å². The number of nitrogens with zero attached hydrogens (tertiary/aromatic N) is 1. The van der Waals surface area contributed by atoms with E-state index in [2.05, 4.69) is 15.8 Å². The van der Waals surface area contributed by atoms with Crippen molar-refractivity contribution in [3.05, 3.63) is 65.5 Å². The van der Waals surface area contributed by atoms with E-state index in [0.29, 0.717) is 11.1 Å². The third-order valence-corrected chi connectivity index (χ3v) is 4.20. The van der Waals surface area contributed by atoms with Gasteiger partial charge in [0.1, 0.15) is 5.82 Å². The number of anilines is 1. The number of hydrogen-bond acceptors (Lipinski definition) is 5. The summed E-state index contributed by atoms with van der Waals surface area (Å²) < 4.78 is 17.7. The molecule has 0 atom stereocenters. The number of ether oxygens (including phenoxy) is 1. The molecule has 0 aromatic heterocycles. The van der Waals surface area contributed by atoms with E-state index >= 15 is 0 Å². The lowest BCUT2D eigenvalue weighted by atomic mass is 10.1. The third-order valence-electron chi connectivity index (χ3n) is 4.20.